The van der Waals surface area contributed by atoms with Crippen molar-refractivity contribution in [3.8, 4) is 11.4 Å². The van der Waals surface area contributed by atoms with E-state index in [2.05, 4.69) is 27.1 Å². The Morgan fingerprint density at radius 3 is 2.50 bits per heavy atom. The number of rotatable bonds is 6. The maximum atomic E-state index is 12.5. The lowest BCUT2D eigenvalue weighted by atomic mass is 10.1. The molecule has 1 aliphatic carbocycles. The molecular formula is C18H25N5O. The highest BCUT2D eigenvalue weighted by Crippen LogP contribution is 2.22. The minimum absolute atomic E-state index is 0.0546. The van der Waals surface area contributed by atoms with Crippen molar-refractivity contribution >= 4 is 5.91 Å². The molecule has 1 heterocycles. The van der Waals surface area contributed by atoms with Crippen LogP contribution in [0.3, 0.4) is 0 Å². The van der Waals surface area contributed by atoms with E-state index in [1.165, 1.54) is 32.0 Å². The number of aromatic amines is 1. The molecule has 0 unspecified atom stereocenters. The second kappa shape index (κ2) is 7.57. The van der Waals surface area contributed by atoms with Gasteiger partial charge in [-0.3, -0.25) is 9.89 Å². The first-order chi connectivity index (χ1) is 11.6. The molecular weight excluding hydrogens is 302 g/mol. The summed E-state index contributed by atoms with van der Waals surface area (Å²) in [5.41, 5.74) is 1.62. The van der Waals surface area contributed by atoms with Gasteiger partial charge in [0.1, 0.15) is 6.33 Å². The molecule has 0 spiro atoms. The van der Waals surface area contributed by atoms with E-state index in [0.29, 0.717) is 17.4 Å². The second-order valence-corrected chi connectivity index (χ2v) is 6.56. The Labute approximate surface area is 142 Å². The molecule has 6 nitrogen and oxygen atoms in total. The van der Waals surface area contributed by atoms with E-state index in [1.807, 2.05) is 31.3 Å². The third-order valence-corrected chi connectivity index (χ3v) is 4.90. The van der Waals surface area contributed by atoms with Gasteiger partial charge in [0.15, 0.2) is 5.82 Å². The van der Waals surface area contributed by atoms with Crippen LogP contribution in [-0.2, 0) is 0 Å². The number of carbonyl (C=O) groups excluding carboxylic acids is 1. The molecule has 1 aromatic carbocycles. The van der Waals surface area contributed by atoms with Crippen molar-refractivity contribution in [2.24, 2.45) is 0 Å². The van der Waals surface area contributed by atoms with E-state index in [-0.39, 0.29) is 5.91 Å². The predicted octanol–water partition coefficient (Wildman–Crippen LogP) is 2.42. The fraction of sp³-hybridized carbons (Fsp3) is 0.500. The van der Waals surface area contributed by atoms with E-state index in [9.17, 15) is 4.79 Å². The zero-order chi connectivity index (χ0) is 16.9. The van der Waals surface area contributed by atoms with E-state index in [4.69, 9.17) is 0 Å². The Kier molecular flexibility index (Phi) is 5.25. The summed E-state index contributed by atoms with van der Waals surface area (Å²) in [6.07, 6.45) is 6.72. The molecule has 3 rings (SSSR count). The summed E-state index contributed by atoms with van der Waals surface area (Å²) < 4.78 is 0. The minimum atomic E-state index is 0.0546. The lowest BCUT2D eigenvalue weighted by Crippen LogP contribution is -2.38. The second-order valence-electron chi connectivity index (χ2n) is 6.56. The van der Waals surface area contributed by atoms with Crippen LogP contribution in [-0.4, -0.2) is 64.1 Å². The highest BCUT2D eigenvalue weighted by Gasteiger charge is 2.20. The number of amides is 1. The smallest absolute Gasteiger partial charge is 0.253 e. The van der Waals surface area contributed by atoms with Crippen LogP contribution in [0.5, 0.6) is 0 Å². The number of benzene rings is 1. The van der Waals surface area contributed by atoms with Gasteiger partial charge in [-0.2, -0.15) is 5.10 Å². The van der Waals surface area contributed by atoms with Crippen molar-refractivity contribution in [2.75, 3.05) is 27.2 Å². The van der Waals surface area contributed by atoms with Crippen molar-refractivity contribution in [3.05, 3.63) is 36.2 Å². The number of hydrogen-bond donors (Lipinski definition) is 1. The van der Waals surface area contributed by atoms with Gasteiger partial charge in [0.05, 0.1) is 0 Å². The number of carbonyl (C=O) groups is 1. The largest absolute Gasteiger partial charge is 0.340 e. The van der Waals surface area contributed by atoms with Gasteiger partial charge in [-0.15, -0.1) is 0 Å². The summed E-state index contributed by atoms with van der Waals surface area (Å²) in [6, 6.07) is 8.17. The number of hydrogen-bond acceptors (Lipinski definition) is 4. The summed E-state index contributed by atoms with van der Waals surface area (Å²) in [7, 11) is 4.04. The van der Waals surface area contributed by atoms with E-state index < -0.39 is 0 Å². The molecule has 6 heteroatoms. The van der Waals surface area contributed by atoms with Gasteiger partial charge in [-0.05, 0) is 32.0 Å². The Balaban J connectivity index is 1.55. The van der Waals surface area contributed by atoms with Crippen LogP contribution < -0.4 is 0 Å². The van der Waals surface area contributed by atoms with Crippen LogP contribution in [0.4, 0.5) is 0 Å². The first-order valence-corrected chi connectivity index (χ1v) is 8.56. The monoisotopic (exact) mass is 327 g/mol. The molecule has 128 valence electrons. The van der Waals surface area contributed by atoms with Crippen LogP contribution in [0, 0.1) is 0 Å². The number of H-pyrrole nitrogens is 1. The summed E-state index contributed by atoms with van der Waals surface area (Å²) >= 11 is 0. The average Bonchev–Trinajstić information content (AvgIpc) is 3.32. The maximum absolute atomic E-state index is 12.5. The number of aromatic nitrogens is 3. The Morgan fingerprint density at radius 2 is 1.88 bits per heavy atom. The van der Waals surface area contributed by atoms with Crippen LogP contribution in [0.15, 0.2) is 30.6 Å². The maximum Gasteiger partial charge on any atom is 0.253 e. The topological polar surface area (TPSA) is 65.1 Å². The van der Waals surface area contributed by atoms with Gasteiger partial charge in [-0.1, -0.05) is 25.0 Å². The quantitative estimate of drug-likeness (QED) is 0.885. The average molecular weight is 327 g/mol. The summed E-state index contributed by atoms with van der Waals surface area (Å²) in [5.74, 6) is 0.763. The predicted molar refractivity (Wildman–Crippen MR) is 93.7 cm³/mol. The van der Waals surface area contributed by atoms with Gasteiger partial charge < -0.3 is 9.80 Å². The molecule has 1 aromatic heterocycles. The van der Waals surface area contributed by atoms with Crippen molar-refractivity contribution in [2.45, 2.75) is 31.7 Å². The van der Waals surface area contributed by atoms with E-state index in [1.54, 1.807) is 4.90 Å². The fourth-order valence-corrected chi connectivity index (χ4v) is 3.27. The van der Waals surface area contributed by atoms with Gasteiger partial charge >= 0.3 is 0 Å². The molecule has 0 aliphatic heterocycles. The SMILES string of the molecule is CN(CCN(C)C1CCCC1)C(=O)c1ccc(-c2ncn[nH]2)cc1. The third-order valence-electron chi connectivity index (χ3n) is 4.90. The fourth-order valence-electron chi connectivity index (χ4n) is 3.27. The van der Waals surface area contributed by atoms with Crippen molar-refractivity contribution in [1.82, 2.24) is 25.0 Å². The molecule has 1 saturated carbocycles. The molecule has 0 saturated heterocycles. The van der Waals surface area contributed by atoms with E-state index >= 15 is 0 Å². The minimum Gasteiger partial charge on any atom is -0.340 e. The molecule has 0 atom stereocenters. The molecule has 1 amide bonds. The molecule has 1 N–H and O–H groups in total. The summed E-state index contributed by atoms with van der Waals surface area (Å²) in [6.45, 7) is 1.67. The zero-order valence-electron chi connectivity index (χ0n) is 14.4. The van der Waals surface area contributed by atoms with Gasteiger partial charge in [0, 0.05) is 37.3 Å². The van der Waals surface area contributed by atoms with Crippen LogP contribution in [0.25, 0.3) is 11.4 Å². The van der Waals surface area contributed by atoms with Gasteiger partial charge in [0.2, 0.25) is 0 Å². The molecule has 0 bridgehead atoms. The zero-order valence-corrected chi connectivity index (χ0v) is 14.4. The number of likely N-dealkylation sites (N-methyl/N-ethyl adjacent to an activating group) is 2. The lowest BCUT2D eigenvalue weighted by molar-refractivity contribution is 0.0774. The Bertz CT molecular complexity index is 647. The van der Waals surface area contributed by atoms with Gasteiger partial charge in [-0.25, -0.2) is 4.98 Å². The first kappa shape index (κ1) is 16.6. The molecule has 0 radical (unpaired) electrons. The molecule has 1 fully saturated rings. The van der Waals surface area contributed by atoms with Crippen LogP contribution in [0.2, 0.25) is 0 Å². The molecule has 24 heavy (non-hydrogen) atoms. The molecule has 2 aromatic rings. The van der Waals surface area contributed by atoms with Crippen LogP contribution >= 0.6 is 0 Å². The summed E-state index contributed by atoms with van der Waals surface area (Å²) in [5, 5.41) is 6.66. The third kappa shape index (κ3) is 3.82. The van der Waals surface area contributed by atoms with Gasteiger partial charge in [0.25, 0.3) is 5.91 Å². The van der Waals surface area contributed by atoms with E-state index in [0.717, 1.165) is 18.7 Å². The highest BCUT2D eigenvalue weighted by molar-refractivity contribution is 5.94. The summed E-state index contributed by atoms with van der Waals surface area (Å²) in [4.78, 5) is 20.9. The van der Waals surface area contributed by atoms with Crippen molar-refractivity contribution < 1.29 is 4.79 Å². The Hall–Kier alpha value is -2.21. The van der Waals surface area contributed by atoms with Crippen LogP contribution in [0.1, 0.15) is 36.0 Å². The van der Waals surface area contributed by atoms with Crippen molar-refractivity contribution in [3.63, 3.8) is 0 Å². The number of nitrogens with zero attached hydrogens (tertiary/aromatic N) is 4. The standard InChI is InChI=1S/C18H25N5O/c1-22(16-5-3-4-6-16)11-12-23(2)18(24)15-9-7-14(8-10-15)17-19-13-20-21-17/h7-10,13,16H,3-6,11-12H2,1-2H3,(H,19,20,21). The highest BCUT2D eigenvalue weighted by atomic mass is 16.2. The van der Waals surface area contributed by atoms with Crippen molar-refractivity contribution in [1.29, 1.82) is 0 Å². The lowest BCUT2D eigenvalue weighted by Gasteiger charge is -2.26. The number of nitrogens with one attached hydrogen (secondary N) is 1. The Morgan fingerprint density at radius 1 is 1.17 bits per heavy atom. The normalized spacial score (nSPS) is 15.1. The molecule has 1 aliphatic rings. The first-order valence-electron chi connectivity index (χ1n) is 8.56.